The highest BCUT2D eigenvalue weighted by Gasteiger charge is 2.04. The lowest BCUT2D eigenvalue weighted by molar-refractivity contribution is 0.0963. The minimum absolute atomic E-state index is 0.0799. The summed E-state index contributed by atoms with van der Waals surface area (Å²) in [7, 11) is 3.38. The van der Waals surface area contributed by atoms with Crippen molar-refractivity contribution in [2.45, 2.75) is 26.3 Å². The van der Waals surface area contributed by atoms with E-state index in [-0.39, 0.29) is 5.91 Å². The largest absolute Gasteiger partial charge is 0.382 e. The number of nitrogens with one attached hydrogen (secondary N) is 3. The van der Waals surface area contributed by atoms with E-state index in [2.05, 4.69) is 20.9 Å². The predicted molar refractivity (Wildman–Crippen MR) is 93.8 cm³/mol. The number of hydrogen-bond acceptors (Lipinski definition) is 3. The van der Waals surface area contributed by atoms with Gasteiger partial charge in [-0.1, -0.05) is 12.1 Å². The van der Waals surface area contributed by atoms with Gasteiger partial charge in [0.1, 0.15) is 0 Å². The summed E-state index contributed by atoms with van der Waals surface area (Å²) in [6.45, 7) is 5.04. The van der Waals surface area contributed by atoms with Crippen molar-refractivity contribution in [2.24, 2.45) is 4.99 Å². The number of ether oxygens (including phenoxy) is 1. The number of nitrogens with zero attached hydrogens (tertiary/aromatic N) is 1. The summed E-state index contributed by atoms with van der Waals surface area (Å²) < 4.78 is 5.31. The molecule has 0 radical (unpaired) electrons. The van der Waals surface area contributed by atoms with Gasteiger partial charge < -0.3 is 20.7 Å². The van der Waals surface area contributed by atoms with Crippen LogP contribution in [0, 0.1) is 0 Å². The fourth-order valence-electron chi connectivity index (χ4n) is 2.05. The summed E-state index contributed by atoms with van der Waals surface area (Å²) in [5.41, 5.74) is 1.69. The van der Waals surface area contributed by atoms with Crippen LogP contribution in [0.4, 0.5) is 0 Å². The Morgan fingerprint density at radius 3 is 2.78 bits per heavy atom. The van der Waals surface area contributed by atoms with E-state index in [4.69, 9.17) is 4.74 Å². The highest BCUT2D eigenvalue weighted by molar-refractivity contribution is 5.94. The van der Waals surface area contributed by atoms with Gasteiger partial charge in [0.15, 0.2) is 5.96 Å². The molecule has 1 aromatic carbocycles. The zero-order valence-corrected chi connectivity index (χ0v) is 14.3. The van der Waals surface area contributed by atoms with E-state index in [9.17, 15) is 4.79 Å². The molecule has 0 bridgehead atoms. The van der Waals surface area contributed by atoms with Crippen molar-refractivity contribution in [1.82, 2.24) is 16.0 Å². The topological polar surface area (TPSA) is 74.8 Å². The molecule has 0 aliphatic carbocycles. The number of aliphatic imine (C=N–C) groups is 1. The summed E-state index contributed by atoms with van der Waals surface area (Å²) in [5, 5.41) is 9.14. The highest BCUT2D eigenvalue weighted by atomic mass is 16.5. The molecule has 3 N–H and O–H groups in total. The van der Waals surface area contributed by atoms with Crippen molar-refractivity contribution < 1.29 is 9.53 Å². The summed E-state index contributed by atoms with van der Waals surface area (Å²) in [5.74, 6) is 0.676. The molecule has 0 atom stereocenters. The molecule has 0 aliphatic rings. The van der Waals surface area contributed by atoms with Gasteiger partial charge in [-0.05, 0) is 37.5 Å². The number of guanidine groups is 1. The van der Waals surface area contributed by atoms with Crippen LogP contribution < -0.4 is 16.0 Å². The van der Waals surface area contributed by atoms with Gasteiger partial charge in [-0.25, -0.2) is 0 Å². The maximum Gasteiger partial charge on any atom is 0.251 e. The zero-order chi connectivity index (χ0) is 16.9. The molecule has 1 aromatic rings. The maximum absolute atomic E-state index is 11.6. The molecule has 128 valence electrons. The molecule has 0 unspecified atom stereocenters. The third-order valence-electron chi connectivity index (χ3n) is 3.31. The molecule has 1 amide bonds. The first kappa shape index (κ1) is 19.0. The number of carbonyl (C=O) groups excluding carboxylic acids is 1. The lowest BCUT2D eigenvalue weighted by Crippen LogP contribution is -2.37. The van der Waals surface area contributed by atoms with Crippen LogP contribution in [0.2, 0.25) is 0 Å². The molecule has 0 aliphatic heterocycles. The average molecular weight is 320 g/mol. The van der Waals surface area contributed by atoms with Crippen molar-refractivity contribution in [1.29, 1.82) is 0 Å². The second kappa shape index (κ2) is 11.5. The molecular weight excluding hydrogens is 292 g/mol. The molecule has 0 saturated carbocycles. The van der Waals surface area contributed by atoms with E-state index in [1.165, 1.54) is 0 Å². The first-order chi connectivity index (χ1) is 11.2. The molecule has 0 aromatic heterocycles. The number of rotatable bonds is 9. The molecule has 0 saturated heterocycles. The van der Waals surface area contributed by atoms with Crippen LogP contribution in [0.5, 0.6) is 0 Å². The lowest BCUT2D eigenvalue weighted by Gasteiger charge is -2.12. The Morgan fingerprint density at radius 2 is 2.09 bits per heavy atom. The van der Waals surface area contributed by atoms with Crippen LogP contribution >= 0.6 is 0 Å². The summed E-state index contributed by atoms with van der Waals surface area (Å²) in [6.07, 6.45) is 2.07. The van der Waals surface area contributed by atoms with Gasteiger partial charge in [-0.2, -0.15) is 0 Å². The zero-order valence-electron chi connectivity index (χ0n) is 14.3. The fourth-order valence-corrected chi connectivity index (χ4v) is 2.05. The van der Waals surface area contributed by atoms with Crippen LogP contribution in [-0.2, 0) is 11.3 Å². The Kier molecular flexibility index (Phi) is 9.47. The molecule has 0 fully saturated rings. The molecule has 23 heavy (non-hydrogen) atoms. The van der Waals surface area contributed by atoms with Crippen LogP contribution in [-0.4, -0.2) is 45.7 Å². The van der Waals surface area contributed by atoms with E-state index in [1.54, 1.807) is 20.2 Å². The van der Waals surface area contributed by atoms with E-state index < -0.39 is 0 Å². The Morgan fingerprint density at radius 1 is 1.26 bits per heavy atom. The molecule has 0 spiro atoms. The SMILES string of the molecule is CCOCCCCNC(=NC)NCc1cccc(C(=O)NC)c1. The van der Waals surface area contributed by atoms with Crippen molar-refractivity contribution >= 4 is 11.9 Å². The number of amides is 1. The minimum atomic E-state index is -0.0799. The van der Waals surface area contributed by atoms with Gasteiger partial charge in [0.25, 0.3) is 5.91 Å². The molecular formula is C17H28N4O2. The first-order valence-corrected chi connectivity index (χ1v) is 8.04. The maximum atomic E-state index is 11.6. The van der Waals surface area contributed by atoms with Crippen LogP contribution in [0.3, 0.4) is 0 Å². The first-order valence-electron chi connectivity index (χ1n) is 8.04. The lowest BCUT2D eigenvalue weighted by atomic mass is 10.1. The Hall–Kier alpha value is -2.08. The predicted octanol–water partition coefficient (Wildman–Crippen LogP) is 1.53. The number of benzene rings is 1. The third kappa shape index (κ3) is 7.65. The van der Waals surface area contributed by atoms with Crippen LogP contribution in [0.15, 0.2) is 29.3 Å². The van der Waals surface area contributed by atoms with Crippen molar-refractivity contribution in [3.63, 3.8) is 0 Å². The molecule has 1 rings (SSSR count). The highest BCUT2D eigenvalue weighted by Crippen LogP contribution is 2.05. The molecule has 0 heterocycles. The quantitative estimate of drug-likeness (QED) is 0.366. The molecule has 6 heteroatoms. The second-order valence-electron chi connectivity index (χ2n) is 5.04. The van der Waals surface area contributed by atoms with Gasteiger partial charge in [-0.15, -0.1) is 0 Å². The normalized spacial score (nSPS) is 11.2. The summed E-state index contributed by atoms with van der Waals surface area (Å²) in [4.78, 5) is 15.8. The number of unbranched alkanes of at least 4 members (excludes halogenated alkanes) is 1. The fraction of sp³-hybridized carbons (Fsp3) is 0.529. The van der Waals surface area contributed by atoms with E-state index in [1.807, 2.05) is 25.1 Å². The van der Waals surface area contributed by atoms with Gasteiger partial charge in [0.05, 0.1) is 0 Å². The smallest absolute Gasteiger partial charge is 0.251 e. The average Bonchev–Trinajstić information content (AvgIpc) is 2.60. The standard InChI is InChI=1S/C17H28N4O2/c1-4-23-11-6-5-10-20-17(19-3)21-13-14-8-7-9-15(12-14)16(22)18-2/h7-9,12H,4-6,10-11,13H2,1-3H3,(H,18,22)(H2,19,20,21). The van der Waals surface area contributed by atoms with Crippen molar-refractivity contribution in [2.75, 3.05) is 33.9 Å². The Labute approximate surface area is 138 Å². The van der Waals surface area contributed by atoms with Gasteiger partial charge in [0, 0.05) is 46.0 Å². The van der Waals surface area contributed by atoms with Crippen molar-refractivity contribution in [3.05, 3.63) is 35.4 Å². The summed E-state index contributed by atoms with van der Waals surface area (Å²) in [6, 6.07) is 7.54. The third-order valence-corrected chi connectivity index (χ3v) is 3.31. The van der Waals surface area contributed by atoms with Gasteiger partial charge in [-0.3, -0.25) is 9.79 Å². The monoisotopic (exact) mass is 320 g/mol. The van der Waals surface area contributed by atoms with E-state index in [0.717, 1.165) is 44.1 Å². The van der Waals surface area contributed by atoms with Crippen molar-refractivity contribution in [3.8, 4) is 0 Å². The summed E-state index contributed by atoms with van der Waals surface area (Å²) >= 11 is 0. The second-order valence-corrected chi connectivity index (χ2v) is 5.04. The van der Waals surface area contributed by atoms with Gasteiger partial charge in [0.2, 0.25) is 0 Å². The number of carbonyl (C=O) groups is 1. The Balaban J connectivity index is 2.35. The van der Waals surface area contributed by atoms with E-state index >= 15 is 0 Å². The molecule has 6 nitrogen and oxygen atoms in total. The Bertz CT molecular complexity index is 503. The minimum Gasteiger partial charge on any atom is -0.382 e. The van der Waals surface area contributed by atoms with E-state index in [0.29, 0.717) is 12.1 Å². The number of hydrogen-bond donors (Lipinski definition) is 3. The van der Waals surface area contributed by atoms with Crippen LogP contribution in [0.1, 0.15) is 35.7 Å². The van der Waals surface area contributed by atoms with Gasteiger partial charge >= 0.3 is 0 Å². The van der Waals surface area contributed by atoms with Crippen LogP contribution in [0.25, 0.3) is 0 Å².